The summed E-state index contributed by atoms with van der Waals surface area (Å²) in [5.41, 5.74) is 0.922. The zero-order valence-corrected chi connectivity index (χ0v) is 14.6. The van der Waals surface area contributed by atoms with Crippen LogP contribution in [0.3, 0.4) is 0 Å². The lowest BCUT2D eigenvalue weighted by atomic mass is 9.92. The Hall–Kier alpha value is -1.88. The molecule has 0 bridgehead atoms. The molecule has 1 saturated heterocycles. The van der Waals surface area contributed by atoms with Gasteiger partial charge in [0.15, 0.2) is 0 Å². The summed E-state index contributed by atoms with van der Waals surface area (Å²) in [5, 5.41) is 6.37. The van der Waals surface area contributed by atoms with E-state index in [0.717, 1.165) is 37.9 Å². The highest BCUT2D eigenvalue weighted by Gasteiger charge is 2.28. The number of carbonyl (C=O) groups is 2. The molecule has 1 aliphatic rings. The van der Waals surface area contributed by atoms with Crippen LogP contribution in [-0.4, -0.2) is 32.1 Å². The third kappa shape index (κ3) is 5.34. The van der Waals surface area contributed by atoms with Gasteiger partial charge in [-0.25, -0.2) is 0 Å². The quantitative estimate of drug-likeness (QED) is 0.753. The molecule has 1 amide bonds. The third-order valence-electron chi connectivity index (χ3n) is 4.79. The van der Waals surface area contributed by atoms with Crippen LogP contribution in [0.2, 0.25) is 0 Å². The molecule has 1 fully saturated rings. The van der Waals surface area contributed by atoms with E-state index in [0.29, 0.717) is 12.3 Å². The van der Waals surface area contributed by atoms with Crippen molar-refractivity contribution in [3.8, 4) is 0 Å². The van der Waals surface area contributed by atoms with Gasteiger partial charge in [-0.3, -0.25) is 9.59 Å². The Morgan fingerprint density at radius 3 is 2.54 bits per heavy atom. The number of piperidine rings is 1. The minimum absolute atomic E-state index is 0.00172. The van der Waals surface area contributed by atoms with E-state index in [-0.39, 0.29) is 17.9 Å². The van der Waals surface area contributed by atoms with Gasteiger partial charge in [0.1, 0.15) is 0 Å². The van der Waals surface area contributed by atoms with Gasteiger partial charge in [-0.2, -0.15) is 0 Å². The topological polar surface area (TPSA) is 67.4 Å². The van der Waals surface area contributed by atoms with Crippen LogP contribution in [0.4, 0.5) is 0 Å². The van der Waals surface area contributed by atoms with E-state index in [4.69, 9.17) is 4.74 Å². The Morgan fingerprint density at radius 2 is 1.92 bits per heavy atom. The van der Waals surface area contributed by atoms with Crippen LogP contribution in [0, 0.1) is 11.8 Å². The smallest absolute Gasteiger partial charge is 0.310 e. The van der Waals surface area contributed by atoms with E-state index in [1.54, 1.807) is 6.92 Å². The Kier molecular flexibility index (Phi) is 7.25. The number of rotatable bonds is 7. The number of amides is 1. The third-order valence-corrected chi connectivity index (χ3v) is 4.79. The van der Waals surface area contributed by atoms with Crippen LogP contribution in [0.25, 0.3) is 0 Å². The number of esters is 1. The zero-order chi connectivity index (χ0) is 17.4. The van der Waals surface area contributed by atoms with Gasteiger partial charge in [0.25, 0.3) is 0 Å². The van der Waals surface area contributed by atoms with E-state index in [9.17, 15) is 9.59 Å². The van der Waals surface area contributed by atoms with Crippen molar-refractivity contribution in [3.05, 3.63) is 35.9 Å². The van der Waals surface area contributed by atoms with Gasteiger partial charge in [0.05, 0.1) is 19.1 Å². The number of nitrogens with one attached hydrogen (secondary N) is 2. The van der Waals surface area contributed by atoms with Gasteiger partial charge < -0.3 is 15.4 Å². The van der Waals surface area contributed by atoms with Gasteiger partial charge in [0.2, 0.25) is 5.91 Å². The maximum Gasteiger partial charge on any atom is 0.310 e. The number of hydrogen-bond acceptors (Lipinski definition) is 4. The number of carbonyl (C=O) groups excluding carboxylic acids is 2. The maximum absolute atomic E-state index is 12.4. The molecule has 2 rings (SSSR count). The molecule has 0 spiro atoms. The molecular formula is C19H28N2O3. The average molecular weight is 332 g/mol. The van der Waals surface area contributed by atoms with Crippen LogP contribution in [-0.2, 0) is 14.3 Å². The highest BCUT2D eigenvalue weighted by molar-refractivity contribution is 5.79. The van der Waals surface area contributed by atoms with Crippen molar-refractivity contribution in [2.24, 2.45) is 11.8 Å². The number of ether oxygens (including phenoxy) is 1. The fraction of sp³-hybridized carbons (Fsp3) is 0.579. The van der Waals surface area contributed by atoms with Crippen LogP contribution in [0.15, 0.2) is 30.3 Å². The molecule has 2 atom stereocenters. The lowest BCUT2D eigenvalue weighted by Gasteiger charge is -2.25. The Bertz CT molecular complexity index is 527. The van der Waals surface area contributed by atoms with Crippen LogP contribution in [0.5, 0.6) is 0 Å². The SMILES string of the molecule is COC(=O)C(C)C(NC(=O)CCC1CCNCC1)c1ccccc1. The average Bonchev–Trinajstić information content (AvgIpc) is 2.64. The van der Waals surface area contributed by atoms with E-state index in [2.05, 4.69) is 10.6 Å². The van der Waals surface area contributed by atoms with Gasteiger partial charge in [0, 0.05) is 6.42 Å². The molecule has 0 aromatic heterocycles. The molecule has 1 heterocycles. The number of hydrogen-bond donors (Lipinski definition) is 2. The molecule has 1 aliphatic heterocycles. The molecule has 2 N–H and O–H groups in total. The molecule has 132 valence electrons. The summed E-state index contributed by atoms with van der Waals surface area (Å²) in [7, 11) is 1.37. The van der Waals surface area contributed by atoms with Gasteiger partial charge in [-0.15, -0.1) is 0 Å². The minimum Gasteiger partial charge on any atom is -0.469 e. The van der Waals surface area contributed by atoms with Crippen molar-refractivity contribution in [2.75, 3.05) is 20.2 Å². The van der Waals surface area contributed by atoms with Crippen molar-refractivity contribution in [2.45, 2.75) is 38.6 Å². The van der Waals surface area contributed by atoms with Gasteiger partial charge in [-0.1, -0.05) is 30.3 Å². The molecule has 0 radical (unpaired) electrons. The van der Waals surface area contributed by atoms with Crippen molar-refractivity contribution in [3.63, 3.8) is 0 Å². The second kappa shape index (κ2) is 9.42. The highest BCUT2D eigenvalue weighted by atomic mass is 16.5. The minimum atomic E-state index is -0.430. The fourth-order valence-electron chi connectivity index (χ4n) is 3.23. The summed E-state index contributed by atoms with van der Waals surface area (Å²) in [5.74, 6) is -0.133. The van der Waals surface area contributed by atoms with E-state index >= 15 is 0 Å². The molecule has 5 heteroatoms. The Balaban J connectivity index is 1.96. The molecule has 0 aliphatic carbocycles. The maximum atomic E-state index is 12.4. The van der Waals surface area contributed by atoms with Crippen molar-refractivity contribution in [1.29, 1.82) is 0 Å². The Labute approximate surface area is 144 Å². The molecule has 5 nitrogen and oxygen atoms in total. The lowest BCUT2D eigenvalue weighted by molar-refractivity contribution is -0.146. The first-order chi connectivity index (χ1) is 11.6. The second-order valence-corrected chi connectivity index (χ2v) is 6.50. The molecule has 1 aromatic rings. The number of benzene rings is 1. The molecular weight excluding hydrogens is 304 g/mol. The summed E-state index contributed by atoms with van der Waals surface area (Å²) in [6.45, 7) is 3.87. The molecule has 24 heavy (non-hydrogen) atoms. The fourth-order valence-corrected chi connectivity index (χ4v) is 3.23. The van der Waals surface area contributed by atoms with Crippen LogP contribution >= 0.6 is 0 Å². The lowest BCUT2D eigenvalue weighted by Crippen LogP contribution is -2.36. The summed E-state index contributed by atoms with van der Waals surface area (Å²) < 4.78 is 4.85. The normalized spacial score (nSPS) is 17.8. The first-order valence-corrected chi connectivity index (χ1v) is 8.74. The van der Waals surface area contributed by atoms with E-state index in [1.807, 2.05) is 30.3 Å². The van der Waals surface area contributed by atoms with Crippen LogP contribution in [0.1, 0.15) is 44.2 Å². The summed E-state index contributed by atoms with van der Waals surface area (Å²) in [6, 6.07) is 9.23. The second-order valence-electron chi connectivity index (χ2n) is 6.50. The van der Waals surface area contributed by atoms with E-state index in [1.165, 1.54) is 7.11 Å². The van der Waals surface area contributed by atoms with E-state index < -0.39 is 5.92 Å². The van der Waals surface area contributed by atoms with Crippen LogP contribution < -0.4 is 10.6 Å². The van der Waals surface area contributed by atoms with Gasteiger partial charge in [-0.05, 0) is 50.8 Å². The summed E-state index contributed by atoms with van der Waals surface area (Å²) >= 11 is 0. The number of methoxy groups -OCH3 is 1. The molecule has 0 saturated carbocycles. The van der Waals surface area contributed by atoms with Crippen molar-refractivity contribution >= 4 is 11.9 Å². The predicted molar refractivity (Wildman–Crippen MR) is 93.3 cm³/mol. The predicted octanol–water partition coefficient (Wildman–Crippen LogP) is 2.43. The zero-order valence-electron chi connectivity index (χ0n) is 14.6. The Morgan fingerprint density at radius 1 is 1.25 bits per heavy atom. The molecule has 2 unspecified atom stereocenters. The largest absolute Gasteiger partial charge is 0.469 e. The van der Waals surface area contributed by atoms with Gasteiger partial charge >= 0.3 is 5.97 Å². The first-order valence-electron chi connectivity index (χ1n) is 8.74. The van der Waals surface area contributed by atoms with Crippen molar-refractivity contribution < 1.29 is 14.3 Å². The summed E-state index contributed by atoms with van der Waals surface area (Å²) in [4.78, 5) is 24.3. The standard InChI is InChI=1S/C19H28N2O3/c1-14(19(23)24-2)18(16-6-4-3-5-7-16)21-17(22)9-8-15-10-12-20-13-11-15/h3-7,14-15,18,20H,8-13H2,1-2H3,(H,21,22). The first kappa shape index (κ1) is 18.5. The molecule has 1 aromatic carbocycles. The monoisotopic (exact) mass is 332 g/mol. The highest BCUT2D eigenvalue weighted by Crippen LogP contribution is 2.24. The van der Waals surface area contributed by atoms with Crippen molar-refractivity contribution in [1.82, 2.24) is 10.6 Å². The summed E-state index contributed by atoms with van der Waals surface area (Å²) in [6.07, 6.45) is 3.67.